The molecule has 1 aliphatic rings. The summed E-state index contributed by atoms with van der Waals surface area (Å²) in [5, 5.41) is 10.9. The molecule has 3 N–H and O–H groups in total. The van der Waals surface area contributed by atoms with Crippen LogP contribution in [-0.2, 0) is 4.79 Å². The first-order chi connectivity index (χ1) is 7.15. The van der Waals surface area contributed by atoms with Gasteiger partial charge < -0.3 is 16.0 Å². The molecule has 1 heterocycles. The van der Waals surface area contributed by atoms with Gasteiger partial charge in [0.25, 0.3) is 0 Å². The fourth-order valence-electron chi connectivity index (χ4n) is 1.76. The van der Waals surface area contributed by atoms with Crippen LogP contribution >= 0.6 is 0 Å². The molecule has 1 saturated heterocycles. The molecule has 3 amide bonds. The third kappa shape index (κ3) is 3.13. The molecule has 1 fully saturated rings. The predicted molar refractivity (Wildman–Crippen MR) is 52.6 cm³/mol. The summed E-state index contributed by atoms with van der Waals surface area (Å²) in [6, 6.07) is 1.22. The maximum atomic E-state index is 11.5. The van der Waals surface area contributed by atoms with Crippen LogP contribution in [0.25, 0.3) is 0 Å². The molecule has 82 valence electrons. The predicted octanol–water partition coefficient (Wildman–Crippen LogP) is -0.441. The number of primary amides is 1. The van der Waals surface area contributed by atoms with E-state index in [2.05, 4.69) is 5.32 Å². The van der Waals surface area contributed by atoms with Crippen molar-refractivity contribution < 1.29 is 9.59 Å². The first kappa shape index (κ1) is 11.3. The highest BCUT2D eigenvalue weighted by atomic mass is 16.2. The number of nitrogens with two attached hydrogens (primary N) is 1. The van der Waals surface area contributed by atoms with E-state index in [4.69, 9.17) is 11.0 Å². The zero-order chi connectivity index (χ0) is 11.3. The molecule has 0 aromatic carbocycles. The SMILES string of the molecule is N#CCC(=O)N1CCC[C@@H]1CNC(N)=O. The number of rotatable bonds is 3. The zero-order valence-electron chi connectivity index (χ0n) is 8.40. The van der Waals surface area contributed by atoms with E-state index in [9.17, 15) is 9.59 Å². The van der Waals surface area contributed by atoms with Gasteiger partial charge >= 0.3 is 6.03 Å². The van der Waals surface area contributed by atoms with Crippen LogP contribution < -0.4 is 11.1 Å². The topological polar surface area (TPSA) is 99.2 Å². The molecule has 1 aliphatic heterocycles. The van der Waals surface area contributed by atoms with Crippen LogP contribution in [-0.4, -0.2) is 36.0 Å². The largest absolute Gasteiger partial charge is 0.352 e. The van der Waals surface area contributed by atoms with Crippen LogP contribution in [0.5, 0.6) is 0 Å². The third-order valence-corrected chi connectivity index (χ3v) is 2.44. The van der Waals surface area contributed by atoms with Crippen LogP contribution in [0.2, 0.25) is 0 Å². The van der Waals surface area contributed by atoms with Gasteiger partial charge in [-0.2, -0.15) is 5.26 Å². The Balaban J connectivity index is 2.46. The number of nitrogens with one attached hydrogen (secondary N) is 1. The fraction of sp³-hybridized carbons (Fsp3) is 0.667. The maximum absolute atomic E-state index is 11.5. The van der Waals surface area contributed by atoms with Gasteiger partial charge in [0.2, 0.25) is 5.91 Å². The van der Waals surface area contributed by atoms with E-state index in [-0.39, 0.29) is 18.4 Å². The molecule has 0 aromatic heterocycles. The Kier molecular flexibility index (Phi) is 3.92. The average molecular weight is 210 g/mol. The minimum Gasteiger partial charge on any atom is -0.352 e. The molecule has 0 aliphatic carbocycles. The van der Waals surface area contributed by atoms with E-state index in [0.29, 0.717) is 13.1 Å². The van der Waals surface area contributed by atoms with Gasteiger partial charge in [-0.25, -0.2) is 4.79 Å². The number of urea groups is 1. The fourth-order valence-corrected chi connectivity index (χ4v) is 1.76. The Morgan fingerprint density at radius 1 is 1.60 bits per heavy atom. The van der Waals surface area contributed by atoms with Gasteiger partial charge in [0.05, 0.1) is 6.07 Å². The van der Waals surface area contributed by atoms with Crippen molar-refractivity contribution in [2.75, 3.05) is 13.1 Å². The van der Waals surface area contributed by atoms with Gasteiger partial charge in [0.15, 0.2) is 0 Å². The van der Waals surface area contributed by atoms with Gasteiger partial charge in [-0.15, -0.1) is 0 Å². The molecule has 0 radical (unpaired) electrons. The van der Waals surface area contributed by atoms with E-state index in [1.807, 2.05) is 6.07 Å². The molecule has 0 unspecified atom stereocenters. The van der Waals surface area contributed by atoms with Crippen molar-refractivity contribution in [2.24, 2.45) is 5.73 Å². The van der Waals surface area contributed by atoms with Gasteiger partial charge in [-0.3, -0.25) is 4.79 Å². The third-order valence-electron chi connectivity index (χ3n) is 2.44. The zero-order valence-corrected chi connectivity index (χ0v) is 8.40. The number of nitrogens with zero attached hydrogens (tertiary/aromatic N) is 2. The van der Waals surface area contributed by atoms with Gasteiger partial charge in [0, 0.05) is 19.1 Å². The highest BCUT2D eigenvalue weighted by molar-refractivity contribution is 5.79. The second-order valence-corrected chi connectivity index (χ2v) is 3.46. The monoisotopic (exact) mass is 210 g/mol. The molecule has 1 atom stereocenters. The molecule has 6 nitrogen and oxygen atoms in total. The molecular formula is C9H14N4O2. The van der Waals surface area contributed by atoms with Crippen molar-refractivity contribution in [3.63, 3.8) is 0 Å². The lowest BCUT2D eigenvalue weighted by Crippen LogP contribution is -2.44. The summed E-state index contributed by atoms with van der Waals surface area (Å²) < 4.78 is 0. The van der Waals surface area contributed by atoms with Crippen molar-refractivity contribution in [1.82, 2.24) is 10.2 Å². The number of nitriles is 1. The van der Waals surface area contributed by atoms with E-state index < -0.39 is 6.03 Å². The number of amides is 3. The highest BCUT2D eigenvalue weighted by Crippen LogP contribution is 2.17. The Bertz CT molecular complexity index is 297. The van der Waals surface area contributed by atoms with Gasteiger partial charge in [-0.05, 0) is 12.8 Å². The Labute approximate surface area is 88.0 Å². The molecule has 0 bridgehead atoms. The molecule has 1 rings (SSSR count). The minimum atomic E-state index is -0.588. The maximum Gasteiger partial charge on any atom is 0.312 e. The summed E-state index contributed by atoms with van der Waals surface area (Å²) in [6.45, 7) is 1.03. The standard InChI is InChI=1S/C9H14N4O2/c10-4-3-8(14)13-5-1-2-7(13)6-12-9(11)15/h7H,1-3,5-6H2,(H3,11,12,15)/t7-/m1/s1. The quantitative estimate of drug-likeness (QED) is 0.660. The number of carbonyl (C=O) groups excluding carboxylic acids is 2. The van der Waals surface area contributed by atoms with E-state index in [1.165, 1.54) is 0 Å². The van der Waals surface area contributed by atoms with E-state index >= 15 is 0 Å². The summed E-state index contributed by atoms with van der Waals surface area (Å²) in [7, 11) is 0. The highest BCUT2D eigenvalue weighted by Gasteiger charge is 2.28. The first-order valence-electron chi connectivity index (χ1n) is 4.85. The minimum absolute atomic E-state index is 0.0154. The normalized spacial score (nSPS) is 19.7. The van der Waals surface area contributed by atoms with Crippen LogP contribution in [0.15, 0.2) is 0 Å². The average Bonchev–Trinajstić information content (AvgIpc) is 2.62. The summed E-state index contributed by atoms with van der Waals surface area (Å²) in [4.78, 5) is 23.6. The van der Waals surface area contributed by atoms with Crippen molar-refractivity contribution in [1.29, 1.82) is 5.26 Å². The smallest absolute Gasteiger partial charge is 0.312 e. The second kappa shape index (κ2) is 5.20. The summed E-state index contributed by atoms with van der Waals surface area (Å²) in [5.41, 5.74) is 4.94. The second-order valence-electron chi connectivity index (χ2n) is 3.46. The Morgan fingerprint density at radius 2 is 2.33 bits per heavy atom. The van der Waals surface area contributed by atoms with Gasteiger partial charge in [-0.1, -0.05) is 0 Å². The van der Waals surface area contributed by atoms with Crippen LogP contribution in [0.3, 0.4) is 0 Å². The summed E-state index contributed by atoms with van der Waals surface area (Å²) in [6.07, 6.45) is 1.65. The molecule has 0 saturated carbocycles. The van der Waals surface area contributed by atoms with E-state index in [0.717, 1.165) is 12.8 Å². The molecule has 0 aromatic rings. The van der Waals surface area contributed by atoms with Gasteiger partial charge in [0.1, 0.15) is 6.42 Å². The first-order valence-corrected chi connectivity index (χ1v) is 4.85. The summed E-state index contributed by atoms with van der Waals surface area (Å²) >= 11 is 0. The van der Waals surface area contributed by atoms with Crippen molar-refractivity contribution in [3.05, 3.63) is 0 Å². The number of hydrogen-bond donors (Lipinski definition) is 2. The Hall–Kier alpha value is -1.77. The van der Waals surface area contributed by atoms with Crippen LogP contribution in [0, 0.1) is 11.3 Å². The summed E-state index contributed by atoms with van der Waals surface area (Å²) in [5.74, 6) is -0.175. The lowest BCUT2D eigenvalue weighted by Gasteiger charge is -2.23. The van der Waals surface area contributed by atoms with Crippen molar-refractivity contribution in [2.45, 2.75) is 25.3 Å². The Morgan fingerprint density at radius 3 is 2.93 bits per heavy atom. The van der Waals surface area contributed by atoms with Crippen molar-refractivity contribution >= 4 is 11.9 Å². The van der Waals surface area contributed by atoms with Crippen LogP contribution in [0.4, 0.5) is 4.79 Å². The number of carbonyl (C=O) groups is 2. The van der Waals surface area contributed by atoms with Crippen molar-refractivity contribution in [3.8, 4) is 6.07 Å². The molecule has 15 heavy (non-hydrogen) atoms. The molecule has 6 heteroatoms. The van der Waals surface area contributed by atoms with E-state index in [1.54, 1.807) is 4.90 Å². The molecule has 0 spiro atoms. The lowest BCUT2D eigenvalue weighted by molar-refractivity contribution is -0.130. The number of hydrogen-bond acceptors (Lipinski definition) is 3. The number of likely N-dealkylation sites (tertiary alicyclic amines) is 1. The molecular weight excluding hydrogens is 196 g/mol. The lowest BCUT2D eigenvalue weighted by atomic mass is 10.2. The van der Waals surface area contributed by atoms with Crippen LogP contribution in [0.1, 0.15) is 19.3 Å².